The van der Waals surface area contributed by atoms with Gasteiger partial charge in [-0.3, -0.25) is 0 Å². The van der Waals surface area contributed by atoms with E-state index in [1.165, 1.54) is 0 Å². The highest BCUT2D eigenvalue weighted by Crippen LogP contribution is 2.21. The molecule has 0 saturated heterocycles. The zero-order valence-electron chi connectivity index (χ0n) is 5.56. The van der Waals surface area contributed by atoms with Crippen LogP contribution in [0, 0.1) is 6.92 Å². The summed E-state index contributed by atoms with van der Waals surface area (Å²) >= 11 is 2.02. The molecule has 1 rings (SSSR count). The summed E-state index contributed by atoms with van der Waals surface area (Å²) in [5.74, 6) is 0.335. The van der Waals surface area contributed by atoms with E-state index in [2.05, 4.69) is 3.53 Å². The molecule has 0 fully saturated rings. The van der Waals surface area contributed by atoms with Crippen molar-refractivity contribution < 1.29 is 5.11 Å². The minimum atomic E-state index is 0.335. The molecule has 0 saturated carbocycles. The molecule has 0 amide bonds. The number of anilines is 1. The van der Waals surface area contributed by atoms with Gasteiger partial charge in [-0.15, -0.1) is 0 Å². The first kappa shape index (κ1) is 7.65. The van der Waals surface area contributed by atoms with E-state index in [1.807, 2.05) is 41.9 Å². The predicted molar refractivity (Wildman–Crippen MR) is 50.5 cm³/mol. The zero-order valence-corrected chi connectivity index (χ0v) is 7.71. The van der Waals surface area contributed by atoms with Gasteiger partial charge < -0.3 is 8.64 Å². The fourth-order valence-corrected chi connectivity index (χ4v) is 1.00. The maximum Gasteiger partial charge on any atom is 0.120 e. The van der Waals surface area contributed by atoms with E-state index in [0.29, 0.717) is 5.75 Å². The molecule has 0 unspecified atom stereocenters. The van der Waals surface area contributed by atoms with E-state index in [1.54, 1.807) is 6.07 Å². The van der Waals surface area contributed by atoms with E-state index in [4.69, 9.17) is 0 Å². The Morgan fingerprint density at radius 3 is 2.70 bits per heavy atom. The quantitative estimate of drug-likeness (QED) is 0.591. The Morgan fingerprint density at radius 1 is 1.50 bits per heavy atom. The van der Waals surface area contributed by atoms with Crippen LogP contribution in [-0.2, 0) is 0 Å². The fraction of sp³-hybridized carbons (Fsp3) is 0.143. The van der Waals surface area contributed by atoms with Gasteiger partial charge in [0.1, 0.15) is 5.75 Å². The molecule has 3 heteroatoms. The Labute approximate surface area is 73.8 Å². The van der Waals surface area contributed by atoms with E-state index in [0.717, 1.165) is 11.3 Å². The summed E-state index contributed by atoms with van der Waals surface area (Å²) < 4.78 is 2.90. The Bertz CT molecular complexity index is 237. The largest absolute Gasteiger partial charge is 0.508 e. The van der Waals surface area contributed by atoms with E-state index in [-0.39, 0.29) is 0 Å². The van der Waals surface area contributed by atoms with Crippen LogP contribution in [-0.4, -0.2) is 5.11 Å². The van der Waals surface area contributed by atoms with Gasteiger partial charge in [-0.2, -0.15) is 0 Å². The second-order valence-corrected chi connectivity index (χ2v) is 2.64. The average Bonchev–Trinajstić information content (AvgIpc) is 1.95. The van der Waals surface area contributed by atoms with Gasteiger partial charge >= 0.3 is 0 Å². The molecule has 1 aromatic carbocycles. The highest BCUT2D eigenvalue weighted by atomic mass is 127. The Balaban J connectivity index is 3.04. The highest BCUT2D eigenvalue weighted by Gasteiger charge is 1.94. The lowest BCUT2D eigenvalue weighted by Gasteiger charge is -2.00. The third-order valence-corrected chi connectivity index (χ3v) is 1.94. The van der Waals surface area contributed by atoms with Crippen LogP contribution in [0.3, 0.4) is 0 Å². The SMILES string of the molecule is Cc1ccc(NI)cc1O. The molecule has 1 aromatic rings. The standard InChI is InChI=1S/C7H8INO/c1-5-2-3-6(9-8)4-7(5)10/h2-4,9-10H,1H3. The maximum absolute atomic E-state index is 9.19. The molecular weight excluding hydrogens is 241 g/mol. The van der Waals surface area contributed by atoms with Crippen molar-refractivity contribution >= 4 is 28.6 Å². The van der Waals surface area contributed by atoms with Crippen LogP contribution in [0.1, 0.15) is 5.56 Å². The van der Waals surface area contributed by atoms with Crippen molar-refractivity contribution in [2.75, 3.05) is 3.53 Å². The summed E-state index contributed by atoms with van der Waals surface area (Å²) in [4.78, 5) is 0. The van der Waals surface area contributed by atoms with Crippen molar-refractivity contribution in [3.63, 3.8) is 0 Å². The maximum atomic E-state index is 9.19. The van der Waals surface area contributed by atoms with Crippen LogP contribution in [0.5, 0.6) is 5.75 Å². The average molecular weight is 249 g/mol. The molecule has 2 N–H and O–H groups in total. The number of hydrogen-bond acceptors (Lipinski definition) is 2. The smallest absolute Gasteiger partial charge is 0.120 e. The first-order chi connectivity index (χ1) is 4.74. The number of phenols is 1. The Kier molecular flexibility index (Phi) is 2.37. The van der Waals surface area contributed by atoms with Crippen molar-refractivity contribution in [3.05, 3.63) is 23.8 Å². The number of hydrogen-bond donors (Lipinski definition) is 2. The van der Waals surface area contributed by atoms with Gasteiger partial charge in [0.15, 0.2) is 0 Å². The lowest BCUT2D eigenvalue weighted by Crippen LogP contribution is -1.79. The number of halogens is 1. The van der Waals surface area contributed by atoms with Crippen LogP contribution >= 0.6 is 22.9 Å². The lowest BCUT2D eigenvalue weighted by molar-refractivity contribution is 0.471. The summed E-state index contributed by atoms with van der Waals surface area (Å²) in [7, 11) is 0. The van der Waals surface area contributed by atoms with Gasteiger partial charge in [0.25, 0.3) is 0 Å². The minimum absolute atomic E-state index is 0.335. The summed E-state index contributed by atoms with van der Waals surface area (Å²) in [5.41, 5.74) is 1.82. The van der Waals surface area contributed by atoms with Crippen LogP contribution < -0.4 is 3.53 Å². The second-order valence-electron chi connectivity index (χ2n) is 2.10. The first-order valence-corrected chi connectivity index (χ1v) is 3.98. The van der Waals surface area contributed by atoms with Gasteiger partial charge in [-0.25, -0.2) is 0 Å². The third kappa shape index (κ3) is 1.53. The molecule has 54 valence electrons. The molecule has 0 atom stereocenters. The number of nitrogens with one attached hydrogen (secondary N) is 1. The van der Waals surface area contributed by atoms with Gasteiger partial charge in [0.05, 0.1) is 22.9 Å². The van der Waals surface area contributed by atoms with Crippen molar-refractivity contribution in [2.24, 2.45) is 0 Å². The molecule has 0 bridgehead atoms. The van der Waals surface area contributed by atoms with Crippen molar-refractivity contribution in [2.45, 2.75) is 6.92 Å². The molecule has 0 aromatic heterocycles. The Morgan fingerprint density at radius 2 is 2.20 bits per heavy atom. The van der Waals surface area contributed by atoms with Gasteiger partial charge in [-0.05, 0) is 18.6 Å². The molecule has 0 heterocycles. The first-order valence-electron chi connectivity index (χ1n) is 2.90. The minimum Gasteiger partial charge on any atom is -0.508 e. The summed E-state index contributed by atoms with van der Waals surface area (Å²) in [6, 6.07) is 5.49. The topological polar surface area (TPSA) is 32.3 Å². The summed E-state index contributed by atoms with van der Waals surface area (Å²) in [5, 5.41) is 9.19. The molecule has 0 aliphatic heterocycles. The molecule has 0 aliphatic carbocycles. The van der Waals surface area contributed by atoms with Crippen LogP contribution in [0.4, 0.5) is 5.69 Å². The Hall–Kier alpha value is -0.450. The van der Waals surface area contributed by atoms with Gasteiger partial charge in [0.2, 0.25) is 0 Å². The molecule has 2 nitrogen and oxygen atoms in total. The normalized spacial score (nSPS) is 9.40. The third-order valence-electron chi connectivity index (χ3n) is 1.32. The zero-order chi connectivity index (χ0) is 7.56. The van der Waals surface area contributed by atoms with Crippen molar-refractivity contribution in [1.29, 1.82) is 0 Å². The monoisotopic (exact) mass is 249 g/mol. The van der Waals surface area contributed by atoms with E-state index in [9.17, 15) is 5.11 Å². The lowest BCUT2D eigenvalue weighted by atomic mass is 10.2. The van der Waals surface area contributed by atoms with Crippen LogP contribution in [0.2, 0.25) is 0 Å². The van der Waals surface area contributed by atoms with E-state index < -0.39 is 0 Å². The predicted octanol–water partition coefficient (Wildman–Crippen LogP) is 2.46. The van der Waals surface area contributed by atoms with Crippen LogP contribution in [0.15, 0.2) is 18.2 Å². The number of aromatic hydroxyl groups is 1. The van der Waals surface area contributed by atoms with Gasteiger partial charge in [0, 0.05) is 11.8 Å². The highest BCUT2D eigenvalue weighted by molar-refractivity contribution is 14.1. The molecule has 0 aliphatic rings. The number of rotatable bonds is 1. The molecule has 0 spiro atoms. The number of benzene rings is 1. The number of phenolic OH excluding ortho intramolecular Hbond substituents is 1. The fourth-order valence-electron chi connectivity index (χ4n) is 0.668. The molecule has 0 radical (unpaired) electrons. The van der Waals surface area contributed by atoms with Gasteiger partial charge in [-0.1, -0.05) is 6.07 Å². The van der Waals surface area contributed by atoms with Crippen molar-refractivity contribution in [1.82, 2.24) is 0 Å². The summed E-state index contributed by atoms with van der Waals surface area (Å²) in [6.07, 6.45) is 0. The molecule has 10 heavy (non-hydrogen) atoms. The van der Waals surface area contributed by atoms with Crippen molar-refractivity contribution in [3.8, 4) is 5.75 Å². The summed E-state index contributed by atoms with van der Waals surface area (Å²) in [6.45, 7) is 1.87. The molecular formula is C7H8INO. The second kappa shape index (κ2) is 3.09. The van der Waals surface area contributed by atoms with E-state index >= 15 is 0 Å². The number of aryl methyl sites for hydroxylation is 1. The van der Waals surface area contributed by atoms with Crippen LogP contribution in [0.25, 0.3) is 0 Å².